The molecule has 2 N–H and O–H groups in total. The summed E-state index contributed by atoms with van der Waals surface area (Å²) in [6.07, 6.45) is 0. The third-order valence-electron chi connectivity index (χ3n) is 2.14. The average molecular weight is 218 g/mol. The predicted molar refractivity (Wildman–Crippen MR) is 72.5 cm³/mol. The van der Waals surface area contributed by atoms with Crippen LogP contribution in [0.2, 0.25) is 0 Å². The highest BCUT2D eigenvalue weighted by atomic mass is 14.9. The van der Waals surface area contributed by atoms with Gasteiger partial charge in [-0.3, -0.25) is 0 Å². The summed E-state index contributed by atoms with van der Waals surface area (Å²) < 4.78 is 0. The Morgan fingerprint density at radius 1 is 1.19 bits per heavy atom. The van der Waals surface area contributed by atoms with E-state index in [1.165, 1.54) is 0 Å². The number of hydrogen-bond donors (Lipinski definition) is 2. The van der Waals surface area contributed by atoms with Gasteiger partial charge < -0.3 is 10.6 Å². The van der Waals surface area contributed by atoms with Crippen LogP contribution in [-0.2, 0) is 0 Å². The molecule has 2 nitrogen and oxygen atoms in total. The second-order valence-electron chi connectivity index (χ2n) is 4.96. The Morgan fingerprint density at radius 3 is 2.19 bits per heavy atom. The number of anilines is 1. The molecule has 1 aromatic carbocycles. The first kappa shape index (κ1) is 12.6. The van der Waals surface area contributed by atoms with Gasteiger partial charge >= 0.3 is 0 Å². The van der Waals surface area contributed by atoms with Crippen molar-refractivity contribution in [2.24, 2.45) is 0 Å². The Kier molecular flexibility index (Phi) is 3.99. The summed E-state index contributed by atoms with van der Waals surface area (Å²) >= 11 is 0. The first-order valence-corrected chi connectivity index (χ1v) is 5.74. The van der Waals surface area contributed by atoms with Gasteiger partial charge in [0, 0.05) is 23.5 Å². The lowest BCUT2D eigenvalue weighted by Crippen LogP contribution is -2.25. The normalized spacial score (nSPS) is 11.0. The van der Waals surface area contributed by atoms with E-state index >= 15 is 0 Å². The van der Waals surface area contributed by atoms with Crippen molar-refractivity contribution in [3.8, 4) is 0 Å². The molecule has 0 radical (unpaired) electrons. The van der Waals surface area contributed by atoms with E-state index in [0.29, 0.717) is 0 Å². The second-order valence-corrected chi connectivity index (χ2v) is 4.96. The molecule has 0 bridgehead atoms. The van der Waals surface area contributed by atoms with Gasteiger partial charge in [-0.1, -0.05) is 18.7 Å². The van der Waals surface area contributed by atoms with Crippen LogP contribution in [0.1, 0.15) is 33.3 Å². The van der Waals surface area contributed by atoms with Crippen molar-refractivity contribution in [1.82, 2.24) is 5.32 Å². The molecule has 0 heterocycles. The lowest BCUT2D eigenvalue weighted by Gasteiger charge is -2.22. The summed E-state index contributed by atoms with van der Waals surface area (Å²) in [5.74, 6) is 0. The zero-order chi connectivity index (χ0) is 12.2. The second kappa shape index (κ2) is 5.06. The molecule has 16 heavy (non-hydrogen) atoms. The summed E-state index contributed by atoms with van der Waals surface area (Å²) in [5.41, 5.74) is 3.35. The van der Waals surface area contributed by atoms with Crippen molar-refractivity contribution in [2.75, 3.05) is 11.9 Å². The van der Waals surface area contributed by atoms with E-state index in [2.05, 4.69) is 69.2 Å². The molecule has 0 aliphatic heterocycles. The molecule has 0 fully saturated rings. The van der Waals surface area contributed by atoms with Crippen molar-refractivity contribution in [3.05, 3.63) is 36.4 Å². The zero-order valence-corrected chi connectivity index (χ0v) is 10.7. The number of nitrogens with one attached hydrogen (secondary N) is 2. The van der Waals surface area contributed by atoms with Gasteiger partial charge in [-0.2, -0.15) is 0 Å². The molecule has 0 atom stereocenters. The highest BCUT2D eigenvalue weighted by molar-refractivity contribution is 5.64. The molecule has 2 heteroatoms. The van der Waals surface area contributed by atoms with Crippen LogP contribution in [0.4, 0.5) is 5.69 Å². The highest BCUT2D eigenvalue weighted by Gasteiger charge is 2.08. The fourth-order valence-corrected chi connectivity index (χ4v) is 1.50. The van der Waals surface area contributed by atoms with Crippen molar-refractivity contribution in [1.29, 1.82) is 0 Å². The van der Waals surface area contributed by atoms with Gasteiger partial charge in [-0.15, -0.1) is 0 Å². The van der Waals surface area contributed by atoms with Crippen LogP contribution in [0.3, 0.4) is 0 Å². The Labute approximate surface area is 98.8 Å². The van der Waals surface area contributed by atoms with Gasteiger partial charge in [0.05, 0.1) is 0 Å². The maximum Gasteiger partial charge on any atom is 0.0344 e. The standard InChI is InChI=1S/C14H22N2/c1-6-15-11(2)12-7-9-13(10-8-12)16-14(3,4)5/h7-10,15-16H,2,6H2,1,3-5H3. The van der Waals surface area contributed by atoms with E-state index in [1.54, 1.807) is 0 Å². The molecule has 0 unspecified atom stereocenters. The molecule has 1 aromatic rings. The summed E-state index contributed by atoms with van der Waals surface area (Å²) in [6.45, 7) is 13.4. The molecule has 0 saturated carbocycles. The smallest absolute Gasteiger partial charge is 0.0344 e. The van der Waals surface area contributed by atoms with Crippen LogP contribution in [0.15, 0.2) is 30.8 Å². The minimum atomic E-state index is 0.0974. The topological polar surface area (TPSA) is 24.1 Å². The van der Waals surface area contributed by atoms with Crippen LogP contribution < -0.4 is 10.6 Å². The van der Waals surface area contributed by atoms with Gasteiger partial charge in [0.25, 0.3) is 0 Å². The first-order valence-electron chi connectivity index (χ1n) is 5.74. The van der Waals surface area contributed by atoms with Gasteiger partial charge in [-0.25, -0.2) is 0 Å². The number of rotatable bonds is 4. The van der Waals surface area contributed by atoms with E-state index in [0.717, 1.165) is 23.5 Å². The van der Waals surface area contributed by atoms with Gasteiger partial charge in [0.2, 0.25) is 0 Å². The zero-order valence-electron chi connectivity index (χ0n) is 10.7. The van der Waals surface area contributed by atoms with Crippen molar-refractivity contribution < 1.29 is 0 Å². The van der Waals surface area contributed by atoms with E-state index in [4.69, 9.17) is 0 Å². The summed E-state index contributed by atoms with van der Waals surface area (Å²) in [4.78, 5) is 0. The predicted octanol–water partition coefficient (Wildman–Crippen LogP) is 3.48. The quantitative estimate of drug-likeness (QED) is 0.808. The maximum atomic E-state index is 3.99. The minimum absolute atomic E-state index is 0.0974. The monoisotopic (exact) mass is 218 g/mol. The summed E-state index contributed by atoms with van der Waals surface area (Å²) in [7, 11) is 0. The highest BCUT2D eigenvalue weighted by Crippen LogP contribution is 2.17. The molecular weight excluding hydrogens is 196 g/mol. The Hall–Kier alpha value is -1.44. The Balaban J connectivity index is 2.72. The van der Waals surface area contributed by atoms with Crippen LogP contribution in [-0.4, -0.2) is 12.1 Å². The van der Waals surface area contributed by atoms with Gasteiger partial charge in [0.1, 0.15) is 0 Å². The molecule has 0 aromatic heterocycles. The number of benzene rings is 1. The van der Waals surface area contributed by atoms with E-state index in [9.17, 15) is 0 Å². The fraction of sp³-hybridized carbons (Fsp3) is 0.429. The average Bonchev–Trinajstić information content (AvgIpc) is 2.16. The molecule has 0 amide bonds. The van der Waals surface area contributed by atoms with Crippen LogP contribution in [0.25, 0.3) is 5.70 Å². The third kappa shape index (κ3) is 3.97. The van der Waals surface area contributed by atoms with Crippen LogP contribution >= 0.6 is 0 Å². The SMILES string of the molecule is C=C(NCC)c1ccc(NC(C)(C)C)cc1. The van der Waals surface area contributed by atoms with Crippen LogP contribution in [0, 0.1) is 0 Å². The van der Waals surface area contributed by atoms with Crippen molar-refractivity contribution >= 4 is 11.4 Å². The molecule has 0 spiro atoms. The van der Waals surface area contributed by atoms with Crippen molar-refractivity contribution in [2.45, 2.75) is 33.2 Å². The molecule has 0 saturated heterocycles. The number of hydrogen-bond acceptors (Lipinski definition) is 2. The lowest BCUT2D eigenvalue weighted by molar-refractivity contribution is 0.634. The molecule has 88 valence electrons. The fourth-order valence-electron chi connectivity index (χ4n) is 1.50. The van der Waals surface area contributed by atoms with E-state index < -0.39 is 0 Å². The molecule has 0 aliphatic rings. The largest absolute Gasteiger partial charge is 0.385 e. The Morgan fingerprint density at radius 2 is 1.75 bits per heavy atom. The lowest BCUT2D eigenvalue weighted by atomic mass is 10.1. The van der Waals surface area contributed by atoms with E-state index in [-0.39, 0.29) is 5.54 Å². The van der Waals surface area contributed by atoms with Gasteiger partial charge in [-0.05, 0) is 45.4 Å². The summed E-state index contributed by atoms with van der Waals surface area (Å²) in [6, 6.07) is 8.34. The van der Waals surface area contributed by atoms with E-state index in [1.807, 2.05) is 0 Å². The van der Waals surface area contributed by atoms with Crippen molar-refractivity contribution in [3.63, 3.8) is 0 Å². The molecule has 1 rings (SSSR count). The summed E-state index contributed by atoms with van der Waals surface area (Å²) in [5, 5.41) is 6.64. The minimum Gasteiger partial charge on any atom is -0.385 e. The first-order chi connectivity index (χ1) is 7.42. The molecular formula is C14H22N2. The van der Waals surface area contributed by atoms with Gasteiger partial charge in [0.15, 0.2) is 0 Å². The molecule has 0 aliphatic carbocycles. The van der Waals surface area contributed by atoms with Crippen LogP contribution in [0.5, 0.6) is 0 Å². The Bertz CT molecular complexity index is 344. The third-order valence-corrected chi connectivity index (χ3v) is 2.14. The maximum absolute atomic E-state index is 3.99.